The average molecular weight is 257 g/mol. The third-order valence-electron chi connectivity index (χ3n) is 2.12. The maximum absolute atomic E-state index is 12.2. The maximum Gasteiger partial charge on any atom is 0.416 e. The second-order valence-electron chi connectivity index (χ2n) is 3.55. The Morgan fingerprint density at radius 3 is 1.76 bits per heavy atom. The van der Waals surface area contributed by atoms with E-state index in [2.05, 4.69) is 0 Å². The number of hydrogen-bond acceptors (Lipinski definition) is 1. The van der Waals surface area contributed by atoms with Crippen molar-refractivity contribution in [3.05, 3.63) is 35.4 Å². The van der Waals surface area contributed by atoms with Crippen molar-refractivity contribution in [1.29, 1.82) is 0 Å². The van der Waals surface area contributed by atoms with Crippen molar-refractivity contribution < 1.29 is 26.3 Å². The van der Waals surface area contributed by atoms with Gasteiger partial charge in [-0.2, -0.15) is 26.3 Å². The molecule has 0 spiro atoms. The molecule has 0 radical (unpaired) electrons. The molecule has 0 amide bonds. The zero-order chi connectivity index (χ0) is 13.3. The van der Waals surface area contributed by atoms with Crippen LogP contribution in [0.4, 0.5) is 26.3 Å². The minimum Gasteiger partial charge on any atom is -0.324 e. The molecule has 0 aliphatic rings. The standard InChI is InChI=1S/C10H9F6N/c11-9(12,13)5-8(17)6-1-3-7(4-2-6)10(14,15)16/h1-4,8H,5,17H2/t8-/m1/s1. The zero-order valence-corrected chi connectivity index (χ0v) is 8.44. The molecule has 0 aliphatic heterocycles. The summed E-state index contributed by atoms with van der Waals surface area (Å²) >= 11 is 0. The minimum atomic E-state index is -4.51. The molecule has 0 unspecified atom stereocenters. The molecule has 17 heavy (non-hydrogen) atoms. The lowest BCUT2D eigenvalue weighted by Crippen LogP contribution is -2.20. The van der Waals surface area contributed by atoms with Crippen LogP contribution in [0.2, 0.25) is 0 Å². The lowest BCUT2D eigenvalue weighted by molar-refractivity contribution is -0.139. The van der Waals surface area contributed by atoms with Crippen LogP contribution in [0.3, 0.4) is 0 Å². The Hall–Kier alpha value is -1.24. The van der Waals surface area contributed by atoms with Gasteiger partial charge in [0.15, 0.2) is 0 Å². The highest BCUT2D eigenvalue weighted by atomic mass is 19.4. The third-order valence-corrected chi connectivity index (χ3v) is 2.12. The van der Waals surface area contributed by atoms with Crippen molar-refractivity contribution in [2.75, 3.05) is 0 Å². The normalized spacial score (nSPS) is 14.8. The van der Waals surface area contributed by atoms with E-state index in [0.29, 0.717) is 12.1 Å². The van der Waals surface area contributed by atoms with Gasteiger partial charge >= 0.3 is 12.4 Å². The summed E-state index contributed by atoms with van der Waals surface area (Å²) in [6.45, 7) is 0. The Morgan fingerprint density at radius 1 is 0.941 bits per heavy atom. The number of rotatable bonds is 2. The van der Waals surface area contributed by atoms with E-state index in [0.717, 1.165) is 12.1 Å². The van der Waals surface area contributed by atoms with Crippen molar-refractivity contribution in [2.45, 2.75) is 24.8 Å². The lowest BCUT2D eigenvalue weighted by atomic mass is 10.0. The van der Waals surface area contributed by atoms with Crippen LogP contribution in [0, 0.1) is 0 Å². The lowest BCUT2D eigenvalue weighted by Gasteiger charge is -2.15. The van der Waals surface area contributed by atoms with E-state index in [1.54, 1.807) is 0 Å². The van der Waals surface area contributed by atoms with Gasteiger partial charge in [0.05, 0.1) is 12.0 Å². The summed E-state index contributed by atoms with van der Waals surface area (Å²) in [5.41, 5.74) is 4.35. The fourth-order valence-electron chi connectivity index (χ4n) is 1.29. The van der Waals surface area contributed by atoms with Crippen molar-refractivity contribution in [1.82, 2.24) is 0 Å². The Bertz CT molecular complexity index is 364. The molecule has 7 heteroatoms. The van der Waals surface area contributed by atoms with Crippen LogP contribution in [-0.2, 0) is 6.18 Å². The van der Waals surface area contributed by atoms with Crippen LogP contribution in [0.5, 0.6) is 0 Å². The Kier molecular flexibility index (Phi) is 3.71. The molecule has 0 aliphatic carbocycles. The number of nitrogens with two attached hydrogens (primary N) is 1. The molecule has 0 aromatic heterocycles. The van der Waals surface area contributed by atoms with Gasteiger partial charge in [-0.3, -0.25) is 0 Å². The van der Waals surface area contributed by atoms with E-state index < -0.39 is 30.4 Å². The van der Waals surface area contributed by atoms with Gasteiger partial charge in [-0.1, -0.05) is 12.1 Å². The summed E-state index contributed by atoms with van der Waals surface area (Å²) in [4.78, 5) is 0. The zero-order valence-electron chi connectivity index (χ0n) is 8.44. The summed E-state index contributed by atoms with van der Waals surface area (Å²) in [6.07, 6.45) is -10.2. The molecule has 96 valence electrons. The molecule has 1 nitrogen and oxygen atoms in total. The molecule has 1 aromatic rings. The van der Waals surface area contributed by atoms with Crippen molar-refractivity contribution in [3.63, 3.8) is 0 Å². The van der Waals surface area contributed by atoms with Crippen LogP contribution in [-0.4, -0.2) is 6.18 Å². The first-order valence-electron chi connectivity index (χ1n) is 4.59. The van der Waals surface area contributed by atoms with E-state index in [9.17, 15) is 26.3 Å². The van der Waals surface area contributed by atoms with E-state index in [1.165, 1.54) is 0 Å². The maximum atomic E-state index is 12.2. The fraction of sp³-hybridized carbons (Fsp3) is 0.400. The fourth-order valence-corrected chi connectivity index (χ4v) is 1.29. The number of alkyl halides is 6. The molecular formula is C10H9F6N. The molecule has 0 heterocycles. The molecule has 0 bridgehead atoms. The second kappa shape index (κ2) is 4.56. The summed E-state index contributed by atoms with van der Waals surface area (Å²) < 4.78 is 72.5. The SMILES string of the molecule is N[C@H](CC(F)(F)F)c1ccc(C(F)(F)F)cc1. The molecular weight excluding hydrogens is 248 g/mol. The van der Waals surface area contributed by atoms with E-state index in [4.69, 9.17) is 5.73 Å². The topological polar surface area (TPSA) is 26.0 Å². The van der Waals surface area contributed by atoms with Crippen molar-refractivity contribution in [3.8, 4) is 0 Å². The predicted octanol–water partition coefficient (Wildman–Crippen LogP) is 3.66. The van der Waals surface area contributed by atoms with Gasteiger partial charge < -0.3 is 5.73 Å². The molecule has 2 N–H and O–H groups in total. The van der Waals surface area contributed by atoms with Gasteiger partial charge in [0.2, 0.25) is 0 Å². The largest absolute Gasteiger partial charge is 0.416 e. The number of halogens is 6. The highest BCUT2D eigenvalue weighted by Crippen LogP contribution is 2.31. The van der Waals surface area contributed by atoms with Crippen LogP contribution < -0.4 is 5.73 Å². The van der Waals surface area contributed by atoms with Gasteiger partial charge in [0, 0.05) is 6.04 Å². The summed E-state index contributed by atoms with van der Waals surface area (Å²) in [6, 6.07) is 1.99. The third kappa shape index (κ3) is 4.26. The van der Waals surface area contributed by atoms with E-state index in [-0.39, 0.29) is 5.56 Å². The van der Waals surface area contributed by atoms with Gasteiger partial charge in [0.25, 0.3) is 0 Å². The van der Waals surface area contributed by atoms with Crippen LogP contribution in [0.25, 0.3) is 0 Å². The molecule has 1 atom stereocenters. The van der Waals surface area contributed by atoms with Crippen molar-refractivity contribution in [2.24, 2.45) is 5.73 Å². The monoisotopic (exact) mass is 257 g/mol. The highest BCUT2D eigenvalue weighted by molar-refractivity contribution is 5.26. The smallest absolute Gasteiger partial charge is 0.324 e. The van der Waals surface area contributed by atoms with Gasteiger partial charge in [-0.05, 0) is 17.7 Å². The van der Waals surface area contributed by atoms with Gasteiger partial charge in [0.1, 0.15) is 0 Å². The van der Waals surface area contributed by atoms with Crippen LogP contribution in [0.15, 0.2) is 24.3 Å². The predicted molar refractivity (Wildman–Crippen MR) is 49.0 cm³/mol. The first-order valence-corrected chi connectivity index (χ1v) is 4.59. The Labute approximate surface area is 93.2 Å². The molecule has 1 aromatic carbocycles. The van der Waals surface area contributed by atoms with Crippen molar-refractivity contribution >= 4 is 0 Å². The number of benzene rings is 1. The van der Waals surface area contributed by atoms with E-state index in [1.807, 2.05) is 0 Å². The quantitative estimate of drug-likeness (QED) is 0.804. The summed E-state index contributed by atoms with van der Waals surface area (Å²) in [5, 5.41) is 0. The first kappa shape index (κ1) is 13.8. The van der Waals surface area contributed by atoms with Crippen LogP contribution in [0.1, 0.15) is 23.6 Å². The number of hydrogen-bond donors (Lipinski definition) is 1. The Balaban J connectivity index is 2.81. The van der Waals surface area contributed by atoms with Crippen LogP contribution >= 0.6 is 0 Å². The molecule has 0 fully saturated rings. The summed E-state index contributed by atoms with van der Waals surface area (Å²) in [7, 11) is 0. The Morgan fingerprint density at radius 2 is 1.41 bits per heavy atom. The molecule has 0 saturated heterocycles. The second-order valence-corrected chi connectivity index (χ2v) is 3.55. The average Bonchev–Trinajstić information content (AvgIpc) is 2.14. The first-order chi connectivity index (χ1) is 7.59. The van der Waals surface area contributed by atoms with Gasteiger partial charge in [-0.25, -0.2) is 0 Å². The summed E-state index contributed by atoms with van der Waals surface area (Å²) in [5.74, 6) is 0. The molecule has 0 saturated carbocycles. The highest BCUT2D eigenvalue weighted by Gasteiger charge is 2.32. The molecule has 1 rings (SSSR count). The van der Waals surface area contributed by atoms with Gasteiger partial charge in [-0.15, -0.1) is 0 Å². The minimum absolute atomic E-state index is 0.0234. The van der Waals surface area contributed by atoms with E-state index >= 15 is 0 Å².